The van der Waals surface area contributed by atoms with Crippen LogP contribution >= 0.6 is 7.29 Å². The number of anilines is 2. The van der Waals surface area contributed by atoms with Crippen molar-refractivity contribution in [2.24, 2.45) is 0 Å². The molecule has 2 aromatic heterocycles. The van der Waals surface area contributed by atoms with Crippen LogP contribution in [0.4, 0.5) is 11.4 Å². The van der Waals surface area contributed by atoms with Crippen LogP contribution in [0, 0.1) is 0 Å². The van der Waals surface area contributed by atoms with E-state index in [0.717, 1.165) is 66.5 Å². The fourth-order valence-corrected chi connectivity index (χ4v) is 9.27. The van der Waals surface area contributed by atoms with Gasteiger partial charge in [0, 0.05) is 57.7 Å². The Hall–Kier alpha value is -4.79. The van der Waals surface area contributed by atoms with Crippen LogP contribution in [0.2, 0.25) is 0 Å². The van der Waals surface area contributed by atoms with E-state index in [1.54, 1.807) is 12.4 Å². The molecule has 0 atom stereocenters. The average Bonchev–Trinajstić information content (AvgIpc) is 3.02. The SMILES string of the molecule is O=P12c3ccccc3-c3cc(-c4cccnc4)ccc3N1c1ccc(-c3cccnc3)cc1-c1ccccc12. The molecule has 39 heavy (non-hydrogen) atoms. The minimum atomic E-state index is -3.23. The summed E-state index contributed by atoms with van der Waals surface area (Å²) in [7, 11) is -3.23. The molecule has 4 heterocycles. The van der Waals surface area contributed by atoms with E-state index in [1.165, 1.54) is 0 Å². The summed E-state index contributed by atoms with van der Waals surface area (Å²) >= 11 is 0. The molecule has 0 fully saturated rings. The van der Waals surface area contributed by atoms with Gasteiger partial charge in [-0.25, -0.2) is 0 Å². The lowest BCUT2D eigenvalue weighted by atomic mass is 9.95. The molecule has 6 aromatic rings. The maximum atomic E-state index is 15.6. The monoisotopic (exact) mass is 519 g/mol. The number of nitrogens with zero attached hydrogens (tertiary/aromatic N) is 3. The number of pyridine rings is 2. The second-order valence-electron chi connectivity index (χ2n) is 9.87. The lowest BCUT2D eigenvalue weighted by Crippen LogP contribution is -2.37. The van der Waals surface area contributed by atoms with Gasteiger partial charge in [-0.2, -0.15) is 0 Å². The van der Waals surface area contributed by atoms with Crippen LogP contribution in [-0.4, -0.2) is 9.97 Å². The fourth-order valence-electron chi connectivity index (χ4n) is 6.01. The molecule has 5 heteroatoms. The van der Waals surface area contributed by atoms with Crippen LogP contribution < -0.4 is 15.3 Å². The molecule has 184 valence electrons. The largest absolute Gasteiger partial charge is 0.289 e. The molecule has 0 saturated heterocycles. The quantitative estimate of drug-likeness (QED) is 0.219. The second kappa shape index (κ2) is 8.36. The fraction of sp³-hybridized carbons (Fsp3) is 0. The van der Waals surface area contributed by atoms with Gasteiger partial charge in [0.05, 0.1) is 11.4 Å². The highest BCUT2D eigenvalue weighted by atomic mass is 31.2. The normalized spacial score (nSPS) is 13.9. The van der Waals surface area contributed by atoms with E-state index in [2.05, 4.69) is 75.3 Å². The number of rotatable bonds is 2. The molecule has 0 saturated carbocycles. The number of fused-ring (bicyclic) bond motifs is 11. The summed E-state index contributed by atoms with van der Waals surface area (Å²) in [5.74, 6) is 0. The molecule has 0 aliphatic carbocycles. The second-order valence-corrected chi connectivity index (χ2v) is 12.4. The smallest absolute Gasteiger partial charge is 0.235 e. The molecule has 2 aliphatic heterocycles. The van der Waals surface area contributed by atoms with Gasteiger partial charge in [-0.05, 0) is 70.8 Å². The van der Waals surface area contributed by atoms with Gasteiger partial charge in [-0.1, -0.05) is 60.7 Å². The topological polar surface area (TPSA) is 46.1 Å². The molecule has 0 unspecified atom stereocenters. The Morgan fingerprint density at radius 3 is 1.44 bits per heavy atom. The summed E-state index contributed by atoms with van der Waals surface area (Å²) in [6.45, 7) is 0. The lowest BCUT2D eigenvalue weighted by molar-refractivity contribution is 0.586. The zero-order chi connectivity index (χ0) is 26.0. The summed E-state index contributed by atoms with van der Waals surface area (Å²) in [5.41, 5.74) is 10.3. The molecule has 0 N–H and O–H groups in total. The minimum Gasteiger partial charge on any atom is -0.289 e. The Morgan fingerprint density at radius 2 is 0.974 bits per heavy atom. The van der Waals surface area contributed by atoms with Crippen molar-refractivity contribution in [1.29, 1.82) is 0 Å². The molecular weight excluding hydrogens is 497 g/mol. The molecule has 0 radical (unpaired) electrons. The molecule has 4 aromatic carbocycles. The number of hydrogen-bond acceptors (Lipinski definition) is 3. The highest BCUT2D eigenvalue weighted by Crippen LogP contribution is 2.66. The Morgan fingerprint density at radius 1 is 0.487 bits per heavy atom. The van der Waals surface area contributed by atoms with Crippen molar-refractivity contribution in [1.82, 2.24) is 9.97 Å². The first-order valence-corrected chi connectivity index (χ1v) is 14.6. The maximum Gasteiger partial charge on any atom is 0.235 e. The van der Waals surface area contributed by atoms with Gasteiger partial charge in [-0.15, -0.1) is 0 Å². The van der Waals surface area contributed by atoms with Crippen LogP contribution in [0.15, 0.2) is 134 Å². The van der Waals surface area contributed by atoms with Crippen molar-refractivity contribution < 1.29 is 4.57 Å². The van der Waals surface area contributed by atoms with Crippen LogP contribution in [0.5, 0.6) is 0 Å². The molecule has 2 aliphatic rings. The summed E-state index contributed by atoms with van der Waals surface area (Å²) in [6.07, 6.45) is 7.34. The van der Waals surface area contributed by atoms with Crippen molar-refractivity contribution in [3.8, 4) is 44.5 Å². The molecule has 0 amide bonds. The number of aromatic nitrogens is 2. The summed E-state index contributed by atoms with van der Waals surface area (Å²) in [6, 6.07) is 37.2. The van der Waals surface area contributed by atoms with Gasteiger partial charge >= 0.3 is 0 Å². The Kier molecular flexibility index (Phi) is 4.76. The third kappa shape index (κ3) is 3.16. The standard InChI is InChI=1S/C34H22N3OP/c38-39-33-11-3-1-9-27(33)29-19-23(25-7-5-17-35-21-25)13-15-31(29)37(39)32-16-14-24(26-8-6-18-36-22-26)20-30(32)28-10-2-4-12-34(28)39/h1-22H. The highest BCUT2D eigenvalue weighted by Gasteiger charge is 2.47. The van der Waals surface area contributed by atoms with E-state index < -0.39 is 7.29 Å². The van der Waals surface area contributed by atoms with E-state index in [4.69, 9.17) is 0 Å². The van der Waals surface area contributed by atoms with Crippen molar-refractivity contribution in [2.75, 3.05) is 4.67 Å². The van der Waals surface area contributed by atoms with Crippen molar-refractivity contribution in [2.45, 2.75) is 0 Å². The molecule has 8 rings (SSSR count). The van der Waals surface area contributed by atoms with Gasteiger partial charge in [0.15, 0.2) is 0 Å². The van der Waals surface area contributed by atoms with Gasteiger partial charge in [0.1, 0.15) is 0 Å². The summed E-state index contributed by atoms with van der Waals surface area (Å²) in [4.78, 5) is 8.65. The predicted octanol–water partition coefficient (Wildman–Crippen LogP) is 7.84. The van der Waals surface area contributed by atoms with Gasteiger partial charge < -0.3 is 0 Å². The molecule has 0 spiro atoms. The van der Waals surface area contributed by atoms with E-state index >= 15 is 4.57 Å². The molecular formula is C34H22N3OP. The van der Waals surface area contributed by atoms with Crippen LogP contribution in [-0.2, 0) is 4.57 Å². The summed E-state index contributed by atoms with van der Waals surface area (Å²) in [5, 5.41) is 1.74. The third-order valence-electron chi connectivity index (χ3n) is 7.76. The minimum absolute atomic E-state index is 0.871. The Balaban J connectivity index is 1.43. The van der Waals surface area contributed by atoms with Crippen LogP contribution in [0.3, 0.4) is 0 Å². The van der Waals surface area contributed by atoms with Crippen molar-refractivity contribution in [3.63, 3.8) is 0 Å². The molecule has 4 nitrogen and oxygen atoms in total. The maximum absolute atomic E-state index is 15.6. The van der Waals surface area contributed by atoms with Crippen molar-refractivity contribution >= 4 is 29.3 Å². The zero-order valence-electron chi connectivity index (χ0n) is 20.9. The van der Waals surface area contributed by atoms with E-state index in [-0.39, 0.29) is 0 Å². The van der Waals surface area contributed by atoms with E-state index in [0.29, 0.717) is 0 Å². The highest BCUT2D eigenvalue weighted by molar-refractivity contribution is 7.81. The molecule has 0 bridgehead atoms. The first kappa shape index (κ1) is 22.2. The predicted molar refractivity (Wildman–Crippen MR) is 159 cm³/mol. The van der Waals surface area contributed by atoms with Gasteiger partial charge in [0.25, 0.3) is 0 Å². The zero-order valence-corrected chi connectivity index (χ0v) is 21.8. The first-order valence-electron chi connectivity index (χ1n) is 12.9. The van der Waals surface area contributed by atoms with Crippen LogP contribution in [0.25, 0.3) is 44.5 Å². The van der Waals surface area contributed by atoms with Gasteiger partial charge in [-0.3, -0.25) is 19.2 Å². The third-order valence-corrected chi connectivity index (χ3v) is 10.8. The number of benzene rings is 4. The van der Waals surface area contributed by atoms with Crippen molar-refractivity contribution in [3.05, 3.63) is 134 Å². The van der Waals surface area contributed by atoms with E-state index in [9.17, 15) is 0 Å². The average molecular weight is 520 g/mol. The first-order chi connectivity index (χ1) is 19.2. The summed E-state index contributed by atoms with van der Waals surface area (Å²) < 4.78 is 17.7. The lowest BCUT2D eigenvalue weighted by Gasteiger charge is -2.44. The number of hydrogen-bond donors (Lipinski definition) is 0. The van der Waals surface area contributed by atoms with E-state index in [1.807, 2.05) is 60.9 Å². The van der Waals surface area contributed by atoms with Gasteiger partial charge in [0.2, 0.25) is 7.29 Å². The Bertz CT molecular complexity index is 1820. The Labute approximate surface area is 226 Å². The van der Waals surface area contributed by atoms with Crippen LogP contribution in [0.1, 0.15) is 0 Å².